The average Bonchev–Trinajstić information content (AvgIpc) is 2.14. The van der Waals surface area contributed by atoms with Gasteiger partial charge in [0.2, 0.25) is 0 Å². The molecule has 1 N–H and O–H groups in total. The Morgan fingerprint density at radius 2 is 1.94 bits per heavy atom. The summed E-state index contributed by atoms with van der Waals surface area (Å²) in [5, 5.41) is 3.72. The second-order valence-corrected chi connectivity index (χ2v) is 6.56. The molecule has 1 aliphatic rings. The van der Waals surface area contributed by atoms with Gasteiger partial charge in [-0.3, -0.25) is 0 Å². The number of methoxy groups -OCH3 is 1. The molecule has 96 valence electrons. The summed E-state index contributed by atoms with van der Waals surface area (Å²) in [5.74, 6) is 0. The first-order valence-electron chi connectivity index (χ1n) is 6.62. The molecule has 1 rings (SSSR count). The maximum atomic E-state index is 5.22. The summed E-state index contributed by atoms with van der Waals surface area (Å²) in [5.41, 5.74) is 0.891. The molecule has 16 heavy (non-hydrogen) atoms. The molecular weight excluding hydrogens is 198 g/mol. The molecule has 2 nitrogen and oxygen atoms in total. The van der Waals surface area contributed by atoms with Crippen LogP contribution in [0.15, 0.2) is 0 Å². The Morgan fingerprint density at radius 3 is 2.31 bits per heavy atom. The van der Waals surface area contributed by atoms with E-state index < -0.39 is 0 Å². The highest BCUT2D eigenvalue weighted by atomic mass is 16.5. The molecule has 0 aromatic heterocycles. The first-order chi connectivity index (χ1) is 7.40. The third-order valence-electron chi connectivity index (χ3n) is 4.33. The van der Waals surface area contributed by atoms with Gasteiger partial charge in [0.1, 0.15) is 0 Å². The van der Waals surface area contributed by atoms with Gasteiger partial charge in [-0.05, 0) is 37.0 Å². The Kier molecular flexibility index (Phi) is 4.81. The van der Waals surface area contributed by atoms with E-state index in [1.54, 1.807) is 7.11 Å². The van der Waals surface area contributed by atoms with Gasteiger partial charge in [-0.1, -0.05) is 27.2 Å². The van der Waals surface area contributed by atoms with E-state index in [4.69, 9.17) is 4.74 Å². The van der Waals surface area contributed by atoms with Crippen molar-refractivity contribution in [3.8, 4) is 0 Å². The van der Waals surface area contributed by atoms with Crippen LogP contribution >= 0.6 is 0 Å². The standard InChI is InChI=1S/C14H29NO/c1-12(13(2,3)4)15-11-14(7-6-8-14)9-10-16-5/h12,15H,6-11H2,1-5H3. The van der Waals surface area contributed by atoms with Crippen molar-refractivity contribution in [2.24, 2.45) is 10.8 Å². The lowest BCUT2D eigenvalue weighted by molar-refractivity contribution is 0.0623. The van der Waals surface area contributed by atoms with E-state index in [0.29, 0.717) is 16.9 Å². The van der Waals surface area contributed by atoms with Gasteiger partial charge in [0.15, 0.2) is 0 Å². The summed E-state index contributed by atoms with van der Waals surface area (Å²) in [7, 11) is 1.80. The maximum absolute atomic E-state index is 5.22. The van der Waals surface area contributed by atoms with Crippen LogP contribution < -0.4 is 5.32 Å². The highest BCUT2D eigenvalue weighted by molar-refractivity contribution is 4.91. The topological polar surface area (TPSA) is 21.3 Å². The van der Waals surface area contributed by atoms with Gasteiger partial charge in [-0.25, -0.2) is 0 Å². The smallest absolute Gasteiger partial charge is 0.0468 e. The fourth-order valence-electron chi connectivity index (χ4n) is 2.19. The van der Waals surface area contributed by atoms with E-state index in [0.717, 1.165) is 13.2 Å². The van der Waals surface area contributed by atoms with Crippen LogP contribution in [0.25, 0.3) is 0 Å². The highest BCUT2D eigenvalue weighted by Crippen LogP contribution is 2.43. The lowest BCUT2D eigenvalue weighted by Gasteiger charge is -2.44. The zero-order valence-electron chi connectivity index (χ0n) is 11.7. The monoisotopic (exact) mass is 227 g/mol. The predicted octanol–water partition coefficient (Wildman–Crippen LogP) is 3.22. The Labute approximate surface area is 101 Å². The number of rotatable bonds is 6. The van der Waals surface area contributed by atoms with Crippen LogP contribution in [0.5, 0.6) is 0 Å². The van der Waals surface area contributed by atoms with Crippen molar-refractivity contribution in [3.05, 3.63) is 0 Å². The largest absolute Gasteiger partial charge is 0.385 e. The van der Waals surface area contributed by atoms with Crippen molar-refractivity contribution in [2.45, 2.75) is 59.4 Å². The molecule has 0 heterocycles. The molecule has 0 spiro atoms. The molecule has 1 fully saturated rings. The maximum Gasteiger partial charge on any atom is 0.0468 e. The molecule has 0 aliphatic heterocycles. The Balaban J connectivity index is 2.34. The van der Waals surface area contributed by atoms with Gasteiger partial charge >= 0.3 is 0 Å². The van der Waals surface area contributed by atoms with Crippen LogP contribution in [-0.2, 0) is 4.74 Å². The van der Waals surface area contributed by atoms with E-state index in [-0.39, 0.29) is 0 Å². The molecule has 0 bridgehead atoms. The minimum atomic E-state index is 0.353. The van der Waals surface area contributed by atoms with Gasteiger partial charge in [-0.2, -0.15) is 0 Å². The summed E-state index contributed by atoms with van der Waals surface area (Å²) in [4.78, 5) is 0. The molecule has 0 saturated heterocycles. The van der Waals surface area contributed by atoms with Crippen LogP contribution in [0.3, 0.4) is 0 Å². The Bertz CT molecular complexity index is 203. The van der Waals surface area contributed by atoms with Crippen LogP contribution in [0.1, 0.15) is 53.4 Å². The summed E-state index contributed by atoms with van der Waals surface area (Å²) in [6.45, 7) is 11.3. The Hall–Kier alpha value is -0.0800. The number of hydrogen-bond donors (Lipinski definition) is 1. The first-order valence-corrected chi connectivity index (χ1v) is 6.62. The van der Waals surface area contributed by atoms with Gasteiger partial charge in [0, 0.05) is 26.3 Å². The van der Waals surface area contributed by atoms with Crippen LogP contribution in [0.4, 0.5) is 0 Å². The van der Waals surface area contributed by atoms with E-state index in [9.17, 15) is 0 Å². The normalized spacial score (nSPS) is 21.6. The molecule has 1 saturated carbocycles. The van der Waals surface area contributed by atoms with Crippen molar-refractivity contribution >= 4 is 0 Å². The quantitative estimate of drug-likeness (QED) is 0.752. The van der Waals surface area contributed by atoms with Gasteiger partial charge < -0.3 is 10.1 Å². The van der Waals surface area contributed by atoms with Crippen LogP contribution in [-0.4, -0.2) is 26.3 Å². The molecular formula is C14H29NO. The van der Waals surface area contributed by atoms with Gasteiger partial charge in [-0.15, -0.1) is 0 Å². The van der Waals surface area contributed by atoms with Crippen molar-refractivity contribution in [1.29, 1.82) is 0 Å². The lowest BCUT2D eigenvalue weighted by atomic mass is 9.66. The minimum absolute atomic E-state index is 0.353. The molecule has 0 aromatic rings. The molecule has 2 heteroatoms. The molecule has 1 atom stereocenters. The summed E-state index contributed by atoms with van der Waals surface area (Å²) in [6, 6.07) is 0.576. The lowest BCUT2D eigenvalue weighted by Crippen LogP contribution is -2.47. The van der Waals surface area contributed by atoms with E-state index in [1.807, 2.05) is 0 Å². The zero-order valence-corrected chi connectivity index (χ0v) is 11.7. The summed E-state index contributed by atoms with van der Waals surface area (Å²) < 4.78 is 5.22. The molecule has 0 radical (unpaired) electrons. The van der Waals surface area contributed by atoms with Crippen LogP contribution in [0.2, 0.25) is 0 Å². The third kappa shape index (κ3) is 3.74. The SMILES string of the molecule is COCCC1(CNC(C)C(C)(C)C)CCC1. The molecule has 1 aliphatic carbocycles. The molecule has 0 aromatic carbocycles. The second kappa shape index (κ2) is 5.50. The van der Waals surface area contributed by atoms with Crippen molar-refractivity contribution in [1.82, 2.24) is 5.32 Å². The van der Waals surface area contributed by atoms with E-state index in [1.165, 1.54) is 25.7 Å². The fourth-order valence-corrected chi connectivity index (χ4v) is 2.19. The summed E-state index contributed by atoms with van der Waals surface area (Å²) >= 11 is 0. The number of ether oxygens (including phenoxy) is 1. The summed E-state index contributed by atoms with van der Waals surface area (Å²) in [6.07, 6.45) is 5.36. The number of hydrogen-bond acceptors (Lipinski definition) is 2. The van der Waals surface area contributed by atoms with Crippen molar-refractivity contribution in [3.63, 3.8) is 0 Å². The second-order valence-electron chi connectivity index (χ2n) is 6.56. The van der Waals surface area contributed by atoms with Crippen LogP contribution in [0, 0.1) is 10.8 Å². The van der Waals surface area contributed by atoms with Crippen molar-refractivity contribution < 1.29 is 4.74 Å². The van der Waals surface area contributed by atoms with E-state index in [2.05, 4.69) is 33.0 Å². The number of nitrogens with one attached hydrogen (secondary N) is 1. The first kappa shape index (κ1) is 14.0. The zero-order chi connectivity index (χ0) is 12.2. The Morgan fingerprint density at radius 1 is 1.31 bits per heavy atom. The van der Waals surface area contributed by atoms with E-state index >= 15 is 0 Å². The van der Waals surface area contributed by atoms with Crippen molar-refractivity contribution in [2.75, 3.05) is 20.3 Å². The molecule has 1 unspecified atom stereocenters. The fraction of sp³-hybridized carbons (Fsp3) is 1.00. The minimum Gasteiger partial charge on any atom is -0.385 e. The molecule has 0 amide bonds. The van der Waals surface area contributed by atoms with Gasteiger partial charge in [0.05, 0.1) is 0 Å². The predicted molar refractivity (Wildman–Crippen MR) is 69.7 cm³/mol. The van der Waals surface area contributed by atoms with Gasteiger partial charge in [0.25, 0.3) is 0 Å². The third-order valence-corrected chi connectivity index (χ3v) is 4.33. The highest BCUT2D eigenvalue weighted by Gasteiger charge is 2.37. The average molecular weight is 227 g/mol.